The zero-order valence-electron chi connectivity index (χ0n) is 13.8. The number of allylic oxidation sites excluding steroid dienone is 1. The van der Waals surface area contributed by atoms with E-state index in [0.717, 1.165) is 5.56 Å². The zero-order valence-corrected chi connectivity index (χ0v) is 15.4. The topological polar surface area (TPSA) is 72.7 Å². The second-order valence-corrected chi connectivity index (χ2v) is 6.67. The van der Waals surface area contributed by atoms with Crippen LogP contribution in [0.5, 0.6) is 0 Å². The summed E-state index contributed by atoms with van der Waals surface area (Å²) in [5, 5.41) is 12.5. The Balaban J connectivity index is 1.70. The number of amides is 1. The van der Waals surface area contributed by atoms with Crippen LogP contribution in [0, 0.1) is 0 Å². The van der Waals surface area contributed by atoms with Crippen LogP contribution >= 0.6 is 23.4 Å². The minimum Gasteiger partial charge on any atom is -0.325 e. The number of aromatic nitrogens is 4. The molecule has 0 atom stereocenters. The molecule has 1 N–H and O–H groups in total. The molecule has 0 saturated heterocycles. The Bertz CT molecular complexity index is 913. The first-order valence-electron chi connectivity index (χ1n) is 7.80. The molecule has 0 aliphatic rings. The maximum atomic E-state index is 12.2. The number of carbonyl (C=O) groups excluding carboxylic acids is 1. The highest BCUT2D eigenvalue weighted by atomic mass is 35.5. The lowest BCUT2D eigenvalue weighted by molar-refractivity contribution is -0.113. The Morgan fingerprint density at radius 2 is 2.19 bits per heavy atom. The van der Waals surface area contributed by atoms with Crippen molar-refractivity contribution < 1.29 is 4.79 Å². The largest absolute Gasteiger partial charge is 0.325 e. The normalized spacial score (nSPS) is 10.5. The van der Waals surface area contributed by atoms with Gasteiger partial charge >= 0.3 is 0 Å². The molecule has 3 aromatic rings. The average Bonchev–Trinajstić information content (AvgIpc) is 3.04. The van der Waals surface area contributed by atoms with Gasteiger partial charge in [0.05, 0.1) is 5.75 Å². The number of benzene rings is 1. The first kappa shape index (κ1) is 18.2. The molecule has 6 nitrogen and oxygen atoms in total. The standard InChI is InChI=1S/C18H16ClN5OS/c1-2-9-24-17(13-5-4-8-20-11-13)22-23-18(24)26-12-16(25)21-15-7-3-6-14(19)10-15/h2-8,10-11H,1,9,12H2,(H,21,25). The van der Waals surface area contributed by atoms with Crippen molar-refractivity contribution in [1.82, 2.24) is 19.7 Å². The molecule has 0 radical (unpaired) electrons. The van der Waals surface area contributed by atoms with Gasteiger partial charge in [-0.15, -0.1) is 16.8 Å². The first-order valence-corrected chi connectivity index (χ1v) is 9.16. The maximum absolute atomic E-state index is 12.2. The van der Waals surface area contributed by atoms with Crippen LogP contribution in [-0.2, 0) is 11.3 Å². The summed E-state index contributed by atoms with van der Waals surface area (Å²) in [5.74, 6) is 0.749. The number of hydrogen-bond acceptors (Lipinski definition) is 5. The molecule has 0 saturated carbocycles. The summed E-state index contributed by atoms with van der Waals surface area (Å²) in [7, 11) is 0. The number of pyridine rings is 1. The summed E-state index contributed by atoms with van der Waals surface area (Å²) in [4.78, 5) is 16.3. The number of halogens is 1. The maximum Gasteiger partial charge on any atom is 0.234 e. The van der Waals surface area contributed by atoms with E-state index in [4.69, 9.17) is 11.6 Å². The van der Waals surface area contributed by atoms with Crippen molar-refractivity contribution >= 4 is 35.0 Å². The lowest BCUT2D eigenvalue weighted by atomic mass is 10.3. The van der Waals surface area contributed by atoms with Gasteiger partial charge in [-0.1, -0.05) is 35.5 Å². The molecule has 0 aliphatic carbocycles. The molecule has 0 aliphatic heterocycles. The molecule has 132 valence electrons. The molecule has 3 rings (SSSR count). The van der Waals surface area contributed by atoms with Crippen LogP contribution in [0.25, 0.3) is 11.4 Å². The van der Waals surface area contributed by atoms with Crippen molar-refractivity contribution in [2.24, 2.45) is 0 Å². The SMILES string of the molecule is C=CCn1c(SCC(=O)Nc2cccc(Cl)c2)nnc1-c1cccnc1. The number of thioether (sulfide) groups is 1. The minimum atomic E-state index is -0.145. The third kappa shape index (κ3) is 4.50. The van der Waals surface area contributed by atoms with E-state index in [0.29, 0.717) is 28.2 Å². The van der Waals surface area contributed by atoms with Gasteiger partial charge in [0.1, 0.15) is 0 Å². The molecule has 2 heterocycles. The molecule has 0 fully saturated rings. The number of nitrogens with zero attached hydrogens (tertiary/aromatic N) is 4. The van der Waals surface area contributed by atoms with Gasteiger partial charge in [-0.25, -0.2) is 0 Å². The minimum absolute atomic E-state index is 0.145. The summed E-state index contributed by atoms with van der Waals surface area (Å²) in [5.41, 5.74) is 1.52. The Morgan fingerprint density at radius 1 is 1.31 bits per heavy atom. The Labute approximate surface area is 160 Å². The van der Waals surface area contributed by atoms with E-state index in [2.05, 4.69) is 27.1 Å². The lowest BCUT2D eigenvalue weighted by Crippen LogP contribution is -2.14. The van der Waals surface area contributed by atoms with Crippen LogP contribution in [0.3, 0.4) is 0 Å². The molecule has 0 bridgehead atoms. The van der Waals surface area contributed by atoms with Gasteiger partial charge in [0.2, 0.25) is 5.91 Å². The monoisotopic (exact) mass is 385 g/mol. The molecule has 0 unspecified atom stereocenters. The second kappa shape index (κ2) is 8.64. The fraction of sp³-hybridized carbons (Fsp3) is 0.111. The lowest BCUT2D eigenvalue weighted by Gasteiger charge is -2.08. The van der Waals surface area contributed by atoms with E-state index < -0.39 is 0 Å². The van der Waals surface area contributed by atoms with Crippen molar-refractivity contribution in [3.8, 4) is 11.4 Å². The molecular formula is C18H16ClN5OS. The highest BCUT2D eigenvalue weighted by Gasteiger charge is 2.15. The van der Waals surface area contributed by atoms with Crippen molar-refractivity contribution in [1.29, 1.82) is 0 Å². The first-order chi connectivity index (χ1) is 12.7. The van der Waals surface area contributed by atoms with Gasteiger partial charge in [-0.2, -0.15) is 0 Å². The van der Waals surface area contributed by atoms with Crippen LogP contribution in [0.2, 0.25) is 5.02 Å². The second-order valence-electron chi connectivity index (χ2n) is 5.29. The number of rotatable bonds is 7. The Hall–Kier alpha value is -2.64. The predicted octanol–water partition coefficient (Wildman–Crippen LogP) is 3.91. The van der Waals surface area contributed by atoms with Crippen LogP contribution < -0.4 is 5.32 Å². The quantitative estimate of drug-likeness (QED) is 0.493. The highest BCUT2D eigenvalue weighted by molar-refractivity contribution is 7.99. The van der Waals surface area contributed by atoms with Gasteiger partial charge < -0.3 is 5.32 Å². The fourth-order valence-electron chi connectivity index (χ4n) is 2.29. The number of carbonyl (C=O) groups is 1. The zero-order chi connectivity index (χ0) is 18.4. The fourth-order valence-corrected chi connectivity index (χ4v) is 3.23. The molecule has 8 heteroatoms. The van der Waals surface area contributed by atoms with E-state index in [1.807, 2.05) is 16.7 Å². The van der Waals surface area contributed by atoms with Crippen LogP contribution in [0.1, 0.15) is 0 Å². The third-order valence-corrected chi connectivity index (χ3v) is 4.59. The summed E-state index contributed by atoms with van der Waals surface area (Å²) in [6.45, 7) is 4.31. The van der Waals surface area contributed by atoms with E-state index in [-0.39, 0.29) is 11.7 Å². The van der Waals surface area contributed by atoms with E-state index in [1.54, 1.807) is 42.7 Å². The van der Waals surface area contributed by atoms with Crippen LogP contribution in [0.4, 0.5) is 5.69 Å². The third-order valence-electron chi connectivity index (χ3n) is 3.39. The highest BCUT2D eigenvalue weighted by Crippen LogP contribution is 2.24. The number of nitrogens with one attached hydrogen (secondary N) is 1. The van der Waals surface area contributed by atoms with Gasteiger partial charge in [-0.05, 0) is 30.3 Å². The summed E-state index contributed by atoms with van der Waals surface area (Å²) < 4.78 is 1.90. The van der Waals surface area contributed by atoms with Crippen LogP contribution in [-0.4, -0.2) is 31.4 Å². The van der Waals surface area contributed by atoms with Gasteiger partial charge in [0, 0.05) is 35.2 Å². The van der Waals surface area contributed by atoms with E-state index in [1.165, 1.54) is 11.8 Å². The smallest absolute Gasteiger partial charge is 0.234 e. The van der Waals surface area contributed by atoms with Crippen molar-refractivity contribution in [2.45, 2.75) is 11.7 Å². The summed E-state index contributed by atoms with van der Waals surface area (Å²) in [6, 6.07) is 10.8. The average molecular weight is 386 g/mol. The Morgan fingerprint density at radius 3 is 2.92 bits per heavy atom. The molecule has 2 aromatic heterocycles. The Kier molecular flexibility index (Phi) is 6.04. The molecular weight excluding hydrogens is 370 g/mol. The van der Waals surface area contributed by atoms with Crippen molar-refractivity contribution in [3.63, 3.8) is 0 Å². The van der Waals surface area contributed by atoms with Gasteiger partial charge in [-0.3, -0.25) is 14.3 Å². The van der Waals surface area contributed by atoms with E-state index >= 15 is 0 Å². The molecule has 1 aromatic carbocycles. The number of anilines is 1. The van der Waals surface area contributed by atoms with Crippen LogP contribution in [0.15, 0.2) is 66.6 Å². The molecule has 26 heavy (non-hydrogen) atoms. The van der Waals surface area contributed by atoms with Crippen molar-refractivity contribution in [2.75, 3.05) is 11.1 Å². The molecule has 1 amide bonds. The summed E-state index contributed by atoms with van der Waals surface area (Å²) in [6.07, 6.45) is 5.19. The molecule has 0 spiro atoms. The summed E-state index contributed by atoms with van der Waals surface area (Å²) >= 11 is 7.24. The van der Waals surface area contributed by atoms with Gasteiger partial charge in [0.15, 0.2) is 11.0 Å². The number of hydrogen-bond donors (Lipinski definition) is 1. The van der Waals surface area contributed by atoms with Crippen molar-refractivity contribution in [3.05, 3.63) is 66.5 Å². The van der Waals surface area contributed by atoms with Gasteiger partial charge in [0.25, 0.3) is 0 Å². The predicted molar refractivity (Wildman–Crippen MR) is 104 cm³/mol. The van der Waals surface area contributed by atoms with E-state index in [9.17, 15) is 4.79 Å².